The van der Waals surface area contributed by atoms with E-state index in [1.807, 2.05) is 0 Å². The molecule has 3 nitrogen and oxygen atoms in total. The van der Waals surface area contributed by atoms with Crippen LogP contribution >= 0.6 is 0 Å². The summed E-state index contributed by atoms with van der Waals surface area (Å²) in [5, 5.41) is 2.96. The number of rotatable bonds is 3. The quantitative estimate of drug-likeness (QED) is 0.875. The monoisotopic (exact) mass is 325 g/mol. The van der Waals surface area contributed by atoms with Crippen molar-refractivity contribution >= 4 is 5.91 Å². The number of carbonyl (C=O) groups excluding carboxylic acids is 1. The second-order valence-electron chi connectivity index (χ2n) is 8.25. The summed E-state index contributed by atoms with van der Waals surface area (Å²) >= 11 is 0. The molecule has 0 unspecified atom stereocenters. The Kier molecular flexibility index (Phi) is 4.06. The van der Waals surface area contributed by atoms with E-state index in [-0.39, 0.29) is 16.7 Å². The molecule has 1 N–H and O–H groups in total. The summed E-state index contributed by atoms with van der Waals surface area (Å²) in [5.41, 5.74) is 5.69. The van der Waals surface area contributed by atoms with Gasteiger partial charge in [-0.15, -0.1) is 0 Å². The molecule has 1 aliphatic rings. The van der Waals surface area contributed by atoms with E-state index in [1.54, 1.807) is 12.1 Å². The first kappa shape index (κ1) is 16.8. The number of benzene rings is 1. The zero-order valence-corrected chi connectivity index (χ0v) is 15.3. The lowest BCUT2D eigenvalue weighted by Crippen LogP contribution is -2.34. The van der Waals surface area contributed by atoms with E-state index in [4.69, 9.17) is 4.42 Å². The standard InChI is InChI=1S/C21H27NO2/c1-14-11-16-17(21(4,5)9-8-20(16,2)3)12-15(14)13-22-19(23)18-7-6-10-24-18/h6-7,10-12H,8-9,13H2,1-5H3,(H,22,23). The summed E-state index contributed by atoms with van der Waals surface area (Å²) in [6.45, 7) is 12.0. The van der Waals surface area contributed by atoms with E-state index < -0.39 is 0 Å². The van der Waals surface area contributed by atoms with Gasteiger partial charge in [0.15, 0.2) is 5.76 Å². The molecule has 0 fully saturated rings. The lowest BCUT2D eigenvalue weighted by molar-refractivity contribution is 0.0923. The number of nitrogens with one attached hydrogen (secondary N) is 1. The van der Waals surface area contributed by atoms with Gasteiger partial charge in [0.1, 0.15) is 0 Å². The summed E-state index contributed by atoms with van der Waals surface area (Å²) in [4.78, 5) is 12.1. The average Bonchev–Trinajstić information content (AvgIpc) is 3.04. The van der Waals surface area contributed by atoms with Crippen LogP contribution in [0, 0.1) is 6.92 Å². The van der Waals surface area contributed by atoms with Crippen molar-refractivity contribution in [2.45, 2.75) is 64.8 Å². The number of amides is 1. The molecule has 1 aromatic carbocycles. The fourth-order valence-corrected chi connectivity index (χ4v) is 3.63. The maximum absolute atomic E-state index is 12.1. The van der Waals surface area contributed by atoms with Crippen molar-refractivity contribution < 1.29 is 9.21 Å². The number of fused-ring (bicyclic) bond motifs is 1. The largest absolute Gasteiger partial charge is 0.459 e. The molecule has 1 aliphatic carbocycles. The summed E-state index contributed by atoms with van der Waals surface area (Å²) in [6, 6.07) is 8.03. The highest BCUT2D eigenvalue weighted by Gasteiger charge is 2.37. The second-order valence-corrected chi connectivity index (χ2v) is 8.25. The number of hydrogen-bond donors (Lipinski definition) is 1. The van der Waals surface area contributed by atoms with Crippen molar-refractivity contribution in [3.8, 4) is 0 Å². The highest BCUT2D eigenvalue weighted by Crippen LogP contribution is 2.46. The molecule has 1 aromatic heterocycles. The average molecular weight is 325 g/mol. The smallest absolute Gasteiger partial charge is 0.287 e. The van der Waals surface area contributed by atoms with E-state index >= 15 is 0 Å². The van der Waals surface area contributed by atoms with Gasteiger partial charge in [-0.25, -0.2) is 0 Å². The Morgan fingerprint density at radius 1 is 1.12 bits per heavy atom. The van der Waals surface area contributed by atoms with Gasteiger partial charge in [0.2, 0.25) is 0 Å². The van der Waals surface area contributed by atoms with E-state index in [2.05, 4.69) is 52.1 Å². The molecule has 0 radical (unpaired) electrons. The van der Waals surface area contributed by atoms with Gasteiger partial charge in [-0.3, -0.25) is 4.79 Å². The molecule has 0 saturated heterocycles. The Hall–Kier alpha value is -2.03. The molecule has 3 heteroatoms. The number of carbonyl (C=O) groups is 1. The van der Waals surface area contributed by atoms with Crippen LogP contribution < -0.4 is 5.32 Å². The minimum atomic E-state index is -0.170. The molecular weight excluding hydrogens is 298 g/mol. The molecule has 24 heavy (non-hydrogen) atoms. The molecule has 3 rings (SSSR count). The highest BCUT2D eigenvalue weighted by atomic mass is 16.3. The zero-order chi connectivity index (χ0) is 17.5. The van der Waals surface area contributed by atoms with Crippen LogP contribution in [0.3, 0.4) is 0 Å². The highest BCUT2D eigenvalue weighted by molar-refractivity contribution is 5.91. The van der Waals surface area contributed by atoms with Gasteiger partial charge in [0.25, 0.3) is 5.91 Å². The third-order valence-electron chi connectivity index (χ3n) is 5.49. The van der Waals surface area contributed by atoms with E-state index in [9.17, 15) is 4.79 Å². The third kappa shape index (κ3) is 3.00. The van der Waals surface area contributed by atoms with Crippen LogP contribution in [0.5, 0.6) is 0 Å². The van der Waals surface area contributed by atoms with Crippen LogP contribution in [-0.2, 0) is 17.4 Å². The summed E-state index contributed by atoms with van der Waals surface area (Å²) in [7, 11) is 0. The maximum atomic E-state index is 12.1. The molecule has 0 spiro atoms. The predicted octanol–water partition coefficient (Wildman–Crippen LogP) is 4.87. The van der Waals surface area contributed by atoms with E-state index in [1.165, 1.54) is 41.4 Å². The fraction of sp³-hybridized carbons (Fsp3) is 0.476. The molecule has 0 saturated carbocycles. The fourth-order valence-electron chi connectivity index (χ4n) is 3.63. The van der Waals surface area contributed by atoms with E-state index in [0.29, 0.717) is 12.3 Å². The Labute approximate surface area is 144 Å². The Bertz CT molecular complexity index is 754. The number of furan rings is 1. The summed E-state index contributed by atoms with van der Waals surface area (Å²) in [6.07, 6.45) is 3.92. The lowest BCUT2D eigenvalue weighted by atomic mass is 9.62. The molecule has 2 aromatic rings. The van der Waals surface area contributed by atoms with Crippen molar-refractivity contribution in [1.82, 2.24) is 5.32 Å². The minimum Gasteiger partial charge on any atom is -0.459 e. The lowest BCUT2D eigenvalue weighted by Gasteiger charge is -2.42. The van der Waals surface area contributed by atoms with Crippen LogP contribution in [0.25, 0.3) is 0 Å². The van der Waals surface area contributed by atoms with Crippen molar-refractivity contribution in [3.63, 3.8) is 0 Å². The first-order valence-electron chi connectivity index (χ1n) is 8.67. The maximum Gasteiger partial charge on any atom is 0.287 e. The van der Waals surface area contributed by atoms with Crippen LogP contribution in [0.1, 0.15) is 73.3 Å². The molecule has 1 amide bonds. The van der Waals surface area contributed by atoms with Crippen molar-refractivity contribution in [2.75, 3.05) is 0 Å². The Balaban J connectivity index is 1.89. The SMILES string of the molecule is Cc1cc2c(cc1CNC(=O)c1ccco1)C(C)(C)CCC2(C)C. The molecule has 0 aliphatic heterocycles. The molecule has 128 valence electrons. The first-order chi connectivity index (χ1) is 11.2. The van der Waals surface area contributed by atoms with E-state index in [0.717, 1.165) is 0 Å². The Morgan fingerprint density at radius 3 is 2.33 bits per heavy atom. The minimum absolute atomic E-state index is 0.170. The summed E-state index contributed by atoms with van der Waals surface area (Å²) < 4.78 is 5.15. The van der Waals surface area contributed by atoms with Gasteiger partial charge in [0.05, 0.1) is 6.26 Å². The first-order valence-corrected chi connectivity index (χ1v) is 8.67. The second kappa shape index (κ2) is 5.80. The van der Waals surface area contributed by atoms with Crippen LogP contribution in [0.2, 0.25) is 0 Å². The molecule has 0 atom stereocenters. The van der Waals surface area contributed by atoms with Gasteiger partial charge in [-0.05, 0) is 65.0 Å². The van der Waals surface area contributed by atoms with Gasteiger partial charge < -0.3 is 9.73 Å². The van der Waals surface area contributed by atoms with Crippen LogP contribution in [0.15, 0.2) is 34.9 Å². The van der Waals surface area contributed by atoms with Gasteiger partial charge in [-0.2, -0.15) is 0 Å². The van der Waals surface area contributed by atoms with Crippen LogP contribution in [-0.4, -0.2) is 5.91 Å². The van der Waals surface area contributed by atoms with Crippen molar-refractivity contribution in [1.29, 1.82) is 0 Å². The van der Waals surface area contributed by atoms with Crippen molar-refractivity contribution in [3.05, 3.63) is 58.5 Å². The predicted molar refractivity (Wildman–Crippen MR) is 96.3 cm³/mol. The zero-order valence-electron chi connectivity index (χ0n) is 15.3. The van der Waals surface area contributed by atoms with Gasteiger partial charge in [0, 0.05) is 6.54 Å². The van der Waals surface area contributed by atoms with Crippen molar-refractivity contribution in [2.24, 2.45) is 0 Å². The van der Waals surface area contributed by atoms with Crippen LogP contribution in [0.4, 0.5) is 0 Å². The Morgan fingerprint density at radius 2 is 1.75 bits per heavy atom. The van der Waals surface area contributed by atoms with Gasteiger partial charge in [-0.1, -0.05) is 39.8 Å². The van der Waals surface area contributed by atoms with Gasteiger partial charge >= 0.3 is 0 Å². The third-order valence-corrected chi connectivity index (χ3v) is 5.49. The number of aryl methyl sites for hydroxylation is 1. The number of hydrogen-bond acceptors (Lipinski definition) is 2. The summed E-state index contributed by atoms with van der Waals surface area (Å²) in [5.74, 6) is 0.184. The molecular formula is C21H27NO2. The normalized spacial score (nSPS) is 18.0. The molecule has 1 heterocycles. The molecule has 0 bridgehead atoms. The topological polar surface area (TPSA) is 42.2 Å².